The largest absolute Gasteiger partial charge is 0.489 e. The summed E-state index contributed by atoms with van der Waals surface area (Å²) in [5.74, 6) is 1.55. The van der Waals surface area contributed by atoms with Gasteiger partial charge >= 0.3 is 0 Å². The second kappa shape index (κ2) is 7.42. The Kier molecular flexibility index (Phi) is 5.31. The molecule has 1 aromatic carbocycles. The van der Waals surface area contributed by atoms with Crippen LogP contribution in [0.4, 0.5) is 10.2 Å². The number of aromatic nitrogens is 2. The van der Waals surface area contributed by atoms with E-state index in [-0.39, 0.29) is 11.9 Å². The summed E-state index contributed by atoms with van der Waals surface area (Å²) in [5.41, 5.74) is 0. The minimum Gasteiger partial charge on any atom is -0.489 e. The Morgan fingerprint density at radius 2 is 2.00 bits per heavy atom. The molecule has 1 atom stereocenters. The minimum absolute atomic E-state index is 0.0963. The maximum Gasteiger partial charge on any atom is 0.218 e. The van der Waals surface area contributed by atoms with Gasteiger partial charge in [-0.3, -0.25) is 0 Å². The molecule has 6 heteroatoms. The number of nitrogens with one attached hydrogen (secondary N) is 1. The summed E-state index contributed by atoms with van der Waals surface area (Å²) >= 11 is 0. The highest BCUT2D eigenvalue weighted by Crippen LogP contribution is 2.14. The Bertz CT molecular complexity index is 563. The topological polar surface area (TPSA) is 56.3 Å². The van der Waals surface area contributed by atoms with E-state index in [1.54, 1.807) is 18.2 Å². The molecule has 5 nitrogen and oxygen atoms in total. The lowest BCUT2D eigenvalue weighted by molar-refractivity contribution is 0.234. The van der Waals surface area contributed by atoms with E-state index in [1.807, 2.05) is 13.8 Å². The van der Waals surface area contributed by atoms with E-state index in [0.29, 0.717) is 30.6 Å². The van der Waals surface area contributed by atoms with Gasteiger partial charge in [0.25, 0.3) is 0 Å². The molecule has 1 heterocycles. The first-order valence-corrected chi connectivity index (χ1v) is 6.78. The summed E-state index contributed by atoms with van der Waals surface area (Å²) in [6.07, 6.45) is 1.35. The Morgan fingerprint density at radius 3 is 2.71 bits per heavy atom. The van der Waals surface area contributed by atoms with Crippen LogP contribution in [-0.2, 0) is 0 Å². The van der Waals surface area contributed by atoms with E-state index < -0.39 is 0 Å². The first-order chi connectivity index (χ1) is 10.2. The van der Waals surface area contributed by atoms with Crippen molar-refractivity contribution >= 4 is 5.82 Å². The average Bonchev–Trinajstić information content (AvgIpc) is 2.48. The number of halogens is 1. The molecule has 0 radical (unpaired) electrons. The zero-order valence-corrected chi connectivity index (χ0v) is 12.0. The lowest BCUT2D eigenvalue weighted by Crippen LogP contribution is -2.23. The molecule has 0 saturated heterocycles. The van der Waals surface area contributed by atoms with Gasteiger partial charge in [-0.05, 0) is 38.1 Å². The highest BCUT2D eigenvalue weighted by Gasteiger charge is 2.05. The molecule has 2 rings (SSSR count). The summed E-state index contributed by atoms with van der Waals surface area (Å²) in [6.45, 7) is 4.93. The molecule has 0 fully saturated rings. The van der Waals surface area contributed by atoms with E-state index in [4.69, 9.17) is 9.47 Å². The number of hydrogen-bond donors (Lipinski definition) is 1. The van der Waals surface area contributed by atoms with Crippen LogP contribution in [0.25, 0.3) is 0 Å². The van der Waals surface area contributed by atoms with Crippen molar-refractivity contribution in [3.05, 3.63) is 42.5 Å². The third-order valence-electron chi connectivity index (χ3n) is 2.66. The molecular weight excluding hydrogens is 273 g/mol. The molecular formula is C15H18FN3O2. The smallest absolute Gasteiger partial charge is 0.218 e. The van der Waals surface area contributed by atoms with E-state index >= 15 is 0 Å². The zero-order valence-electron chi connectivity index (χ0n) is 12.0. The van der Waals surface area contributed by atoms with E-state index in [9.17, 15) is 4.39 Å². The van der Waals surface area contributed by atoms with Gasteiger partial charge in [0.15, 0.2) is 0 Å². The fourth-order valence-electron chi connectivity index (χ4n) is 1.70. The summed E-state index contributed by atoms with van der Waals surface area (Å²) in [7, 11) is 0. The van der Waals surface area contributed by atoms with Crippen molar-refractivity contribution in [2.24, 2.45) is 0 Å². The van der Waals surface area contributed by atoms with Crippen LogP contribution >= 0.6 is 0 Å². The van der Waals surface area contributed by atoms with Crippen LogP contribution in [0.3, 0.4) is 0 Å². The number of ether oxygens (including phenoxy) is 2. The van der Waals surface area contributed by atoms with Gasteiger partial charge in [-0.2, -0.15) is 0 Å². The lowest BCUT2D eigenvalue weighted by Gasteiger charge is -2.16. The third kappa shape index (κ3) is 4.91. The first-order valence-electron chi connectivity index (χ1n) is 6.78. The lowest BCUT2D eigenvalue weighted by atomic mass is 10.3. The zero-order chi connectivity index (χ0) is 15.1. The van der Waals surface area contributed by atoms with Crippen LogP contribution in [0.1, 0.15) is 13.8 Å². The normalized spacial score (nSPS) is 11.8. The fourth-order valence-corrected chi connectivity index (χ4v) is 1.70. The van der Waals surface area contributed by atoms with Crippen LogP contribution in [0.5, 0.6) is 11.6 Å². The quantitative estimate of drug-likeness (QED) is 0.850. The molecule has 0 saturated carbocycles. The van der Waals surface area contributed by atoms with Gasteiger partial charge in [0, 0.05) is 6.07 Å². The van der Waals surface area contributed by atoms with Crippen molar-refractivity contribution in [1.29, 1.82) is 0 Å². The molecule has 112 valence electrons. The van der Waals surface area contributed by atoms with Crippen molar-refractivity contribution in [3.63, 3.8) is 0 Å². The van der Waals surface area contributed by atoms with Crippen LogP contribution in [0.2, 0.25) is 0 Å². The van der Waals surface area contributed by atoms with Gasteiger partial charge in [0.2, 0.25) is 5.88 Å². The number of anilines is 1. The van der Waals surface area contributed by atoms with Gasteiger partial charge in [-0.1, -0.05) is 0 Å². The second-order valence-corrected chi connectivity index (χ2v) is 4.44. The van der Waals surface area contributed by atoms with Crippen molar-refractivity contribution in [3.8, 4) is 11.6 Å². The van der Waals surface area contributed by atoms with E-state index in [0.717, 1.165) is 0 Å². The van der Waals surface area contributed by atoms with Crippen LogP contribution in [-0.4, -0.2) is 29.2 Å². The molecule has 0 bridgehead atoms. The molecule has 0 aliphatic rings. The highest BCUT2D eigenvalue weighted by atomic mass is 19.1. The molecule has 0 aliphatic heterocycles. The maximum atomic E-state index is 12.8. The van der Waals surface area contributed by atoms with Gasteiger partial charge in [0.05, 0.1) is 13.2 Å². The fraction of sp³-hybridized carbons (Fsp3) is 0.333. The second-order valence-electron chi connectivity index (χ2n) is 4.44. The maximum absolute atomic E-state index is 12.8. The number of benzene rings is 1. The van der Waals surface area contributed by atoms with Gasteiger partial charge in [0.1, 0.15) is 29.8 Å². The molecule has 1 aromatic heterocycles. The summed E-state index contributed by atoms with van der Waals surface area (Å²) < 4.78 is 23.8. The molecule has 0 aliphatic carbocycles. The SMILES string of the molecule is CCOc1cc(NCC(C)Oc2ccc(F)cc2)ncn1. The molecule has 2 aromatic rings. The Morgan fingerprint density at radius 1 is 1.24 bits per heavy atom. The van der Waals surface area contributed by atoms with Gasteiger partial charge < -0.3 is 14.8 Å². The van der Waals surface area contributed by atoms with Crippen LogP contribution < -0.4 is 14.8 Å². The van der Waals surface area contributed by atoms with Crippen molar-refractivity contribution in [2.45, 2.75) is 20.0 Å². The van der Waals surface area contributed by atoms with E-state index in [1.165, 1.54) is 18.5 Å². The van der Waals surface area contributed by atoms with Crippen molar-refractivity contribution in [1.82, 2.24) is 9.97 Å². The standard InChI is InChI=1S/C15H18FN3O2/c1-3-20-15-8-14(18-10-19-15)17-9-11(2)21-13-6-4-12(16)5-7-13/h4-8,10-11H,3,9H2,1-2H3,(H,17,18,19). The third-order valence-corrected chi connectivity index (χ3v) is 2.66. The van der Waals surface area contributed by atoms with Crippen molar-refractivity contribution in [2.75, 3.05) is 18.5 Å². The highest BCUT2D eigenvalue weighted by molar-refractivity contribution is 5.37. The molecule has 0 amide bonds. The number of nitrogens with zero attached hydrogens (tertiary/aromatic N) is 2. The molecule has 1 N–H and O–H groups in total. The van der Waals surface area contributed by atoms with Gasteiger partial charge in [-0.25, -0.2) is 14.4 Å². The van der Waals surface area contributed by atoms with Gasteiger partial charge in [-0.15, -0.1) is 0 Å². The van der Waals surface area contributed by atoms with Crippen LogP contribution in [0.15, 0.2) is 36.7 Å². The van der Waals surface area contributed by atoms with Crippen molar-refractivity contribution < 1.29 is 13.9 Å². The van der Waals surface area contributed by atoms with Crippen LogP contribution in [0, 0.1) is 5.82 Å². The average molecular weight is 291 g/mol. The molecule has 21 heavy (non-hydrogen) atoms. The molecule has 1 unspecified atom stereocenters. The Hall–Kier alpha value is -2.37. The number of rotatable bonds is 7. The first kappa shape index (κ1) is 15.0. The number of hydrogen-bond acceptors (Lipinski definition) is 5. The summed E-state index contributed by atoms with van der Waals surface area (Å²) in [6, 6.07) is 7.67. The predicted molar refractivity (Wildman–Crippen MR) is 78.2 cm³/mol. The minimum atomic E-state index is -0.280. The Balaban J connectivity index is 1.84. The Labute approximate surface area is 123 Å². The summed E-state index contributed by atoms with van der Waals surface area (Å²) in [4.78, 5) is 8.10. The van der Waals surface area contributed by atoms with E-state index in [2.05, 4.69) is 15.3 Å². The summed E-state index contributed by atoms with van der Waals surface area (Å²) in [5, 5.41) is 3.14. The predicted octanol–water partition coefficient (Wildman–Crippen LogP) is 2.89. The monoisotopic (exact) mass is 291 g/mol. The molecule has 0 spiro atoms.